The zero-order valence-electron chi connectivity index (χ0n) is 19.6. The van der Waals surface area contributed by atoms with Gasteiger partial charge in [0.1, 0.15) is 11.6 Å². The summed E-state index contributed by atoms with van der Waals surface area (Å²) in [5, 5.41) is 20.1. The third-order valence-corrected chi connectivity index (χ3v) is 8.40. The average molecular weight is 535 g/mol. The van der Waals surface area contributed by atoms with Crippen molar-refractivity contribution in [1.29, 1.82) is 0 Å². The minimum atomic E-state index is -1.28. The Kier molecular flexibility index (Phi) is 6.65. The van der Waals surface area contributed by atoms with E-state index in [0.29, 0.717) is 18.5 Å². The van der Waals surface area contributed by atoms with Crippen LogP contribution in [0, 0.1) is 25.7 Å². The first-order valence-electron chi connectivity index (χ1n) is 11.6. The van der Waals surface area contributed by atoms with Crippen molar-refractivity contribution < 1.29 is 29.3 Å². The van der Waals surface area contributed by atoms with Crippen LogP contribution in [0.4, 0.5) is 5.69 Å². The molecule has 0 aromatic heterocycles. The van der Waals surface area contributed by atoms with Crippen molar-refractivity contribution in [2.45, 2.75) is 62.2 Å². The number of benzene rings is 1. The molecule has 3 saturated heterocycles. The number of nitrogens with zero attached hydrogens (tertiary/aromatic N) is 2. The van der Waals surface area contributed by atoms with Crippen molar-refractivity contribution in [2.24, 2.45) is 11.8 Å². The highest BCUT2D eigenvalue weighted by Gasteiger charge is 2.77. The number of aliphatic hydroxyl groups is 1. The second kappa shape index (κ2) is 9.09. The summed E-state index contributed by atoms with van der Waals surface area (Å²) in [6.07, 6.45) is 1.67. The Labute approximate surface area is 207 Å². The van der Waals surface area contributed by atoms with Crippen LogP contribution in [0.3, 0.4) is 0 Å². The van der Waals surface area contributed by atoms with E-state index in [1.807, 2.05) is 39.0 Å². The molecule has 1 spiro atoms. The molecule has 2 N–H and O–H groups in total. The Morgan fingerprint density at radius 2 is 2.12 bits per heavy atom. The molecule has 3 heterocycles. The van der Waals surface area contributed by atoms with Crippen molar-refractivity contribution in [3.8, 4) is 0 Å². The zero-order valence-corrected chi connectivity index (χ0v) is 21.2. The topological polar surface area (TPSA) is 107 Å². The number of aliphatic carboxylic acids is 1. The van der Waals surface area contributed by atoms with Crippen LogP contribution >= 0.6 is 15.9 Å². The smallest absolute Gasteiger partial charge is 0.310 e. The Bertz CT molecular complexity index is 1030. The number of carbonyl (C=O) groups is 3. The van der Waals surface area contributed by atoms with Crippen LogP contribution in [0.2, 0.25) is 0 Å². The second-order valence-electron chi connectivity index (χ2n) is 9.52. The highest BCUT2D eigenvalue weighted by molar-refractivity contribution is 9.09. The van der Waals surface area contributed by atoms with Gasteiger partial charge in [0, 0.05) is 17.1 Å². The second-order valence-corrected chi connectivity index (χ2v) is 10.7. The number of ether oxygens (including phenoxy) is 1. The van der Waals surface area contributed by atoms with E-state index in [1.165, 1.54) is 4.90 Å². The van der Waals surface area contributed by atoms with E-state index < -0.39 is 47.5 Å². The number of carboxylic acid groups (broad SMARTS) is 1. The van der Waals surface area contributed by atoms with E-state index in [4.69, 9.17) is 4.74 Å². The number of hydrogen-bond acceptors (Lipinski definition) is 5. The number of anilines is 1. The van der Waals surface area contributed by atoms with Crippen LogP contribution in [-0.4, -0.2) is 74.7 Å². The molecule has 2 bridgehead atoms. The van der Waals surface area contributed by atoms with Gasteiger partial charge in [0.05, 0.1) is 30.6 Å². The van der Waals surface area contributed by atoms with E-state index in [1.54, 1.807) is 11.0 Å². The van der Waals surface area contributed by atoms with Gasteiger partial charge < -0.3 is 24.7 Å². The molecule has 34 heavy (non-hydrogen) atoms. The quantitative estimate of drug-likeness (QED) is 0.391. The van der Waals surface area contributed by atoms with Gasteiger partial charge in [-0.05, 0) is 43.9 Å². The van der Waals surface area contributed by atoms with Crippen molar-refractivity contribution in [2.75, 3.05) is 18.1 Å². The van der Waals surface area contributed by atoms with Crippen molar-refractivity contribution in [3.63, 3.8) is 0 Å². The van der Waals surface area contributed by atoms with E-state index in [9.17, 15) is 24.6 Å². The first-order valence-corrected chi connectivity index (χ1v) is 12.5. The third-order valence-electron chi connectivity index (χ3n) is 7.55. The van der Waals surface area contributed by atoms with Gasteiger partial charge in [-0.2, -0.15) is 0 Å². The van der Waals surface area contributed by atoms with Crippen LogP contribution in [0.25, 0.3) is 0 Å². The summed E-state index contributed by atoms with van der Waals surface area (Å²) in [6.45, 7) is 9.37. The van der Waals surface area contributed by atoms with Gasteiger partial charge in [0.2, 0.25) is 5.91 Å². The third kappa shape index (κ3) is 3.51. The summed E-state index contributed by atoms with van der Waals surface area (Å²) < 4.78 is 6.32. The van der Waals surface area contributed by atoms with Crippen LogP contribution in [0.1, 0.15) is 30.9 Å². The normalized spacial score (nSPS) is 32.6. The van der Waals surface area contributed by atoms with Crippen LogP contribution in [0.15, 0.2) is 30.9 Å². The fraction of sp³-hybridized carbons (Fsp3) is 0.560. The van der Waals surface area contributed by atoms with E-state index in [-0.39, 0.29) is 23.9 Å². The van der Waals surface area contributed by atoms with Crippen LogP contribution < -0.4 is 4.90 Å². The maximum absolute atomic E-state index is 14.4. The van der Waals surface area contributed by atoms with Gasteiger partial charge in [0.25, 0.3) is 5.91 Å². The van der Waals surface area contributed by atoms with Crippen molar-refractivity contribution in [1.82, 2.24) is 4.90 Å². The number of alkyl halides is 1. The minimum Gasteiger partial charge on any atom is -0.481 e. The number of likely N-dealkylation sites (tertiary alicyclic amines) is 1. The lowest BCUT2D eigenvalue weighted by Crippen LogP contribution is -2.59. The maximum Gasteiger partial charge on any atom is 0.310 e. The predicted molar refractivity (Wildman–Crippen MR) is 130 cm³/mol. The average Bonchev–Trinajstić information content (AvgIpc) is 3.38. The molecule has 9 heteroatoms. The molecule has 4 rings (SSSR count). The summed E-state index contributed by atoms with van der Waals surface area (Å²) in [5.41, 5.74) is 1.28. The summed E-state index contributed by atoms with van der Waals surface area (Å²) in [4.78, 5) is 43.1. The van der Waals surface area contributed by atoms with Gasteiger partial charge in [-0.15, -0.1) is 6.58 Å². The molecule has 184 valence electrons. The predicted octanol–water partition coefficient (Wildman–Crippen LogP) is 2.43. The Balaban J connectivity index is 1.87. The number of fused-ring (bicyclic) bond motifs is 1. The Hall–Kier alpha value is -2.23. The molecular formula is C25H31BrN2O6. The molecule has 7 atom stereocenters. The lowest BCUT2D eigenvalue weighted by atomic mass is 9.70. The lowest BCUT2D eigenvalue weighted by molar-refractivity contribution is -0.150. The molecule has 1 aromatic carbocycles. The highest BCUT2D eigenvalue weighted by Crippen LogP contribution is 2.60. The molecule has 0 saturated carbocycles. The Morgan fingerprint density at radius 1 is 1.41 bits per heavy atom. The first kappa shape index (κ1) is 24.9. The molecule has 0 aliphatic carbocycles. The molecule has 2 amide bonds. The number of halogens is 1. The molecule has 0 radical (unpaired) electrons. The molecule has 3 aliphatic heterocycles. The van der Waals surface area contributed by atoms with Gasteiger partial charge in [-0.25, -0.2) is 0 Å². The number of aliphatic hydroxyl groups excluding tert-OH is 1. The summed E-state index contributed by atoms with van der Waals surface area (Å²) in [7, 11) is 0. The number of rotatable bonds is 8. The SMILES string of the molecule is C=CCN(C(=O)[C@@H]1N([C@@H](CC)CO)C(=O)[C@H]2[C@H](C(=O)O)[C@H]3O[C@@]12CC3Br)c1cc(C)ccc1C. The minimum absolute atomic E-state index is 0.210. The summed E-state index contributed by atoms with van der Waals surface area (Å²) in [6, 6.07) is 4.12. The maximum atomic E-state index is 14.4. The molecule has 3 fully saturated rings. The fourth-order valence-electron chi connectivity index (χ4n) is 6.03. The van der Waals surface area contributed by atoms with Crippen molar-refractivity contribution >= 4 is 39.4 Å². The molecule has 8 nitrogen and oxygen atoms in total. The van der Waals surface area contributed by atoms with E-state index in [0.717, 1.165) is 11.1 Å². The van der Waals surface area contributed by atoms with Crippen molar-refractivity contribution in [3.05, 3.63) is 42.0 Å². The Morgan fingerprint density at radius 3 is 2.71 bits per heavy atom. The summed E-state index contributed by atoms with van der Waals surface area (Å²) in [5.74, 6) is -3.95. The number of aryl methyl sites for hydroxylation is 2. The number of carbonyl (C=O) groups excluding carboxylic acids is 2. The number of hydrogen-bond donors (Lipinski definition) is 2. The van der Waals surface area contributed by atoms with Gasteiger partial charge in [-0.1, -0.05) is 41.1 Å². The fourth-order valence-corrected chi connectivity index (χ4v) is 6.97. The molecule has 1 unspecified atom stereocenters. The highest BCUT2D eigenvalue weighted by atomic mass is 79.9. The monoisotopic (exact) mass is 534 g/mol. The van der Waals surface area contributed by atoms with Gasteiger partial charge in [-0.3, -0.25) is 14.4 Å². The standard InChI is InChI=1S/C25H31BrN2O6/c1-5-9-27(17-10-13(3)7-8-14(17)4)23(31)21-25-11-16(26)20(34-25)18(24(32)33)19(25)22(30)28(21)15(6-2)12-29/h5,7-8,10,15-16,18-21,29H,1,6,9,11-12H2,2-4H3,(H,32,33)/t15-,16?,18-,19+,20-,21-,25+/m0/s1. The van der Waals surface area contributed by atoms with E-state index in [2.05, 4.69) is 22.5 Å². The summed E-state index contributed by atoms with van der Waals surface area (Å²) >= 11 is 3.55. The largest absolute Gasteiger partial charge is 0.481 e. The van der Waals surface area contributed by atoms with E-state index >= 15 is 0 Å². The number of carboxylic acids is 1. The van der Waals surface area contributed by atoms with Crippen LogP contribution in [-0.2, 0) is 19.1 Å². The van der Waals surface area contributed by atoms with Crippen LogP contribution in [0.5, 0.6) is 0 Å². The number of amides is 2. The lowest BCUT2D eigenvalue weighted by Gasteiger charge is -2.39. The van der Waals surface area contributed by atoms with Gasteiger partial charge in [0.15, 0.2) is 0 Å². The molecule has 3 aliphatic rings. The van der Waals surface area contributed by atoms with Gasteiger partial charge >= 0.3 is 5.97 Å². The zero-order chi connectivity index (χ0) is 24.9. The molecular weight excluding hydrogens is 504 g/mol. The molecule has 1 aromatic rings. The first-order chi connectivity index (χ1) is 16.1.